The molecule has 0 radical (unpaired) electrons. The Bertz CT molecular complexity index is 76.6. The molecule has 1 N–H and O–H groups in total. The van der Waals surface area contributed by atoms with Crippen molar-refractivity contribution < 1.29 is 0 Å². The summed E-state index contributed by atoms with van der Waals surface area (Å²) in [6.07, 6.45) is 5.19. The van der Waals surface area contributed by atoms with Gasteiger partial charge < -0.3 is 5.32 Å². The minimum Gasteiger partial charge on any atom is -0.389 e. The third kappa shape index (κ3) is 3.17. The van der Waals surface area contributed by atoms with Gasteiger partial charge in [-0.1, -0.05) is 20.4 Å². The van der Waals surface area contributed by atoms with Crippen LogP contribution in [0.3, 0.4) is 0 Å². The maximum absolute atomic E-state index is 3.86. The largest absolute Gasteiger partial charge is 0.389 e. The van der Waals surface area contributed by atoms with Gasteiger partial charge in [0, 0.05) is 12.2 Å². The van der Waals surface area contributed by atoms with Crippen LogP contribution in [0.1, 0.15) is 33.1 Å². The summed E-state index contributed by atoms with van der Waals surface area (Å²) in [5.74, 6) is 0. The summed E-state index contributed by atoms with van der Waals surface area (Å²) in [5.41, 5.74) is 1.22. The first kappa shape index (κ1) is 8.54. The highest BCUT2D eigenvalue weighted by molar-refractivity contribution is 4.91. The number of nitrogens with one attached hydrogen (secondary N) is 1. The van der Waals surface area contributed by atoms with Crippen LogP contribution in [-0.2, 0) is 0 Å². The monoisotopic (exact) mass is 127 g/mol. The van der Waals surface area contributed by atoms with Crippen molar-refractivity contribution in [3.05, 3.63) is 12.3 Å². The van der Waals surface area contributed by atoms with Crippen LogP contribution in [0.4, 0.5) is 0 Å². The average Bonchev–Trinajstić information content (AvgIpc) is 1.94. The molecule has 1 nitrogen and oxygen atoms in total. The molecule has 1 saturated heterocycles. The van der Waals surface area contributed by atoms with E-state index in [1.54, 1.807) is 0 Å². The summed E-state index contributed by atoms with van der Waals surface area (Å²) in [5, 5.41) is 3.25. The zero-order valence-electron chi connectivity index (χ0n) is 5.24. The third-order valence-electron chi connectivity index (χ3n) is 1.53. The van der Waals surface area contributed by atoms with Crippen molar-refractivity contribution in [2.24, 2.45) is 0 Å². The normalized spacial score (nSPS) is 19.3. The molecule has 1 aliphatic heterocycles. The van der Waals surface area contributed by atoms with Gasteiger partial charge in [-0.05, 0) is 19.3 Å². The lowest BCUT2D eigenvalue weighted by Gasteiger charge is -2.00. The lowest BCUT2D eigenvalue weighted by Crippen LogP contribution is -2.10. The van der Waals surface area contributed by atoms with Crippen molar-refractivity contribution >= 4 is 0 Å². The van der Waals surface area contributed by atoms with Gasteiger partial charge >= 0.3 is 0 Å². The van der Waals surface area contributed by atoms with Crippen LogP contribution in [0.25, 0.3) is 0 Å². The topological polar surface area (TPSA) is 12.0 Å². The molecule has 1 fully saturated rings. The highest BCUT2D eigenvalue weighted by atomic mass is 14.9. The number of hydrogen-bond donors (Lipinski definition) is 1. The van der Waals surface area contributed by atoms with Gasteiger partial charge in [0.2, 0.25) is 0 Å². The molecule has 0 atom stereocenters. The van der Waals surface area contributed by atoms with E-state index in [4.69, 9.17) is 0 Å². The number of hydrogen-bond acceptors (Lipinski definition) is 1. The third-order valence-corrected chi connectivity index (χ3v) is 1.53. The lowest BCUT2D eigenvalue weighted by atomic mass is 10.2. The first-order valence-electron chi connectivity index (χ1n) is 3.31. The standard InChI is InChI=1S/C7H13N.CH4/c1-7-5-3-2-4-6-8-7;/h8H,1-6H2;1H4. The van der Waals surface area contributed by atoms with Gasteiger partial charge in [0.05, 0.1) is 0 Å². The molecule has 0 amide bonds. The molecular weight excluding hydrogens is 110 g/mol. The second-order valence-corrected chi connectivity index (χ2v) is 2.34. The van der Waals surface area contributed by atoms with E-state index >= 15 is 0 Å². The van der Waals surface area contributed by atoms with Crippen LogP contribution in [0.15, 0.2) is 12.3 Å². The fraction of sp³-hybridized carbons (Fsp3) is 0.750. The molecule has 0 bridgehead atoms. The van der Waals surface area contributed by atoms with E-state index in [-0.39, 0.29) is 7.43 Å². The van der Waals surface area contributed by atoms with Crippen molar-refractivity contribution in [2.45, 2.75) is 33.1 Å². The molecular formula is C8H17N. The molecule has 9 heavy (non-hydrogen) atoms. The second-order valence-electron chi connectivity index (χ2n) is 2.34. The van der Waals surface area contributed by atoms with Crippen LogP contribution >= 0.6 is 0 Å². The van der Waals surface area contributed by atoms with Crippen LogP contribution in [0.2, 0.25) is 0 Å². The fourth-order valence-corrected chi connectivity index (χ4v) is 0.994. The van der Waals surface area contributed by atoms with E-state index in [1.165, 1.54) is 31.4 Å². The maximum atomic E-state index is 3.86. The molecule has 0 aromatic heterocycles. The van der Waals surface area contributed by atoms with Gasteiger partial charge in [-0.15, -0.1) is 0 Å². The first-order valence-corrected chi connectivity index (χ1v) is 3.31. The van der Waals surface area contributed by atoms with E-state index < -0.39 is 0 Å². The van der Waals surface area contributed by atoms with E-state index in [1.807, 2.05) is 0 Å². The Morgan fingerprint density at radius 1 is 1.22 bits per heavy atom. The molecule has 1 heterocycles. The predicted octanol–water partition coefficient (Wildman–Crippen LogP) is 2.30. The summed E-state index contributed by atoms with van der Waals surface area (Å²) in [6.45, 7) is 5.00. The molecule has 1 aliphatic rings. The van der Waals surface area contributed by atoms with E-state index in [0.29, 0.717) is 0 Å². The summed E-state index contributed by atoms with van der Waals surface area (Å²) in [6, 6.07) is 0. The molecule has 0 unspecified atom stereocenters. The van der Waals surface area contributed by atoms with Crippen molar-refractivity contribution in [1.29, 1.82) is 0 Å². The van der Waals surface area contributed by atoms with Gasteiger partial charge in [0.1, 0.15) is 0 Å². The molecule has 54 valence electrons. The Morgan fingerprint density at radius 3 is 2.78 bits per heavy atom. The van der Waals surface area contributed by atoms with Crippen molar-refractivity contribution in [1.82, 2.24) is 5.32 Å². The second kappa shape index (κ2) is 4.42. The zero-order valence-corrected chi connectivity index (χ0v) is 5.24. The molecule has 0 saturated carbocycles. The van der Waals surface area contributed by atoms with Crippen molar-refractivity contribution in [3.63, 3.8) is 0 Å². The summed E-state index contributed by atoms with van der Waals surface area (Å²) < 4.78 is 0. The van der Waals surface area contributed by atoms with Crippen molar-refractivity contribution in [2.75, 3.05) is 6.54 Å². The SMILES string of the molecule is C.C=C1CCCCCN1. The van der Waals surface area contributed by atoms with E-state index in [2.05, 4.69) is 11.9 Å². The van der Waals surface area contributed by atoms with E-state index in [9.17, 15) is 0 Å². The number of allylic oxidation sites excluding steroid dienone is 1. The average molecular weight is 127 g/mol. The minimum absolute atomic E-state index is 0. The Kier molecular flexibility index (Phi) is 4.20. The van der Waals surface area contributed by atoms with Gasteiger partial charge in [-0.2, -0.15) is 0 Å². The minimum atomic E-state index is 0. The molecule has 1 heteroatoms. The fourth-order valence-electron chi connectivity index (χ4n) is 0.994. The van der Waals surface area contributed by atoms with Crippen LogP contribution < -0.4 is 5.32 Å². The van der Waals surface area contributed by atoms with E-state index in [0.717, 1.165) is 6.54 Å². The number of rotatable bonds is 0. The summed E-state index contributed by atoms with van der Waals surface area (Å²) >= 11 is 0. The molecule has 0 aliphatic carbocycles. The van der Waals surface area contributed by atoms with Crippen LogP contribution in [0, 0.1) is 0 Å². The molecule has 0 aromatic carbocycles. The zero-order chi connectivity index (χ0) is 5.82. The Balaban J connectivity index is 0.000000640. The van der Waals surface area contributed by atoms with Gasteiger partial charge in [-0.25, -0.2) is 0 Å². The summed E-state index contributed by atoms with van der Waals surface area (Å²) in [4.78, 5) is 0. The lowest BCUT2D eigenvalue weighted by molar-refractivity contribution is 0.721. The van der Waals surface area contributed by atoms with Gasteiger partial charge in [0.15, 0.2) is 0 Å². The first-order chi connectivity index (χ1) is 3.89. The Hall–Kier alpha value is -0.460. The predicted molar refractivity (Wildman–Crippen MR) is 42.3 cm³/mol. The van der Waals surface area contributed by atoms with Gasteiger partial charge in [-0.3, -0.25) is 0 Å². The Morgan fingerprint density at radius 2 is 2.00 bits per heavy atom. The molecule has 0 aromatic rings. The smallest absolute Gasteiger partial charge is 0.0143 e. The maximum Gasteiger partial charge on any atom is 0.0143 e. The summed E-state index contributed by atoms with van der Waals surface area (Å²) in [7, 11) is 0. The quantitative estimate of drug-likeness (QED) is 0.526. The van der Waals surface area contributed by atoms with Crippen molar-refractivity contribution in [3.8, 4) is 0 Å². The highest BCUT2D eigenvalue weighted by Gasteiger charge is 1.98. The van der Waals surface area contributed by atoms with Crippen LogP contribution in [-0.4, -0.2) is 6.54 Å². The molecule has 0 spiro atoms. The highest BCUT2D eigenvalue weighted by Crippen LogP contribution is 2.08. The molecule has 1 rings (SSSR count). The van der Waals surface area contributed by atoms with Crippen LogP contribution in [0.5, 0.6) is 0 Å². The van der Waals surface area contributed by atoms with Gasteiger partial charge in [0.25, 0.3) is 0 Å². The Labute approximate surface area is 58.2 Å².